The largest absolute Gasteiger partial charge is 0.481 e. The average Bonchev–Trinajstić information content (AvgIpc) is 2.54. The van der Waals surface area contributed by atoms with Gasteiger partial charge in [0, 0.05) is 32.8 Å². The van der Waals surface area contributed by atoms with Gasteiger partial charge in [-0.1, -0.05) is 30.3 Å². The maximum absolute atomic E-state index is 12.4. The van der Waals surface area contributed by atoms with E-state index in [1.54, 1.807) is 38.4 Å². The molecule has 0 radical (unpaired) electrons. The van der Waals surface area contributed by atoms with E-state index in [9.17, 15) is 4.79 Å². The highest BCUT2D eigenvalue weighted by Gasteiger charge is 2.21. The van der Waals surface area contributed by atoms with Gasteiger partial charge in [-0.15, -0.1) is 0 Å². The highest BCUT2D eigenvalue weighted by atomic mass is 16.5. The number of nitrogens with zero attached hydrogens (tertiary/aromatic N) is 3. The van der Waals surface area contributed by atoms with Gasteiger partial charge >= 0.3 is 0 Å². The molecule has 0 spiro atoms. The Morgan fingerprint density at radius 3 is 2.64 bits per heavy atom. The number of hydrogen-bond donors (Lipinski definition) is 1. The van der Waals surface area contributed by atoms with Crippen molar-refractivity contribution in [3.63, 3.8) is 0 Å². The van der Waals surface area contributed by atoms with E-state index in [2.05, 4.69) is 15.3 Å². The molecule has 1 atom stereocenters. The minimum absolute atomic E-state index is 0.0322. The molecule has 1 N–H and O–H groups in total. The van der Waals surface area contributed by atoms with Crippen molar-refractivity contribution < 1.29 is 9.53 Å². The third kappa shape index (κ3) is 4.18. The Bertz CT molecular complexity index is 617. The van der Waals surface area contributed by atoms with E-state index in [1.165, 1.54) is 0 Å². The van der Waals surface area contributed by atoms with Crippen LogP contribution in [0.2, 0.25) is 0 Å². The summed E-state index contributed by atoms with van der Waals surface area (Å²) in [6.07, 6.45) is 2.15. The molecule has 116 valence electrons. The molecule has 0 saturated carbocycles. The van der Waals surface area contributed by atoms with E-state index in [0.717, 1.165) is 5.56 Å². The number of amides is 1. The highest BCUT2D eigenvalue weighted by Crippen LogP contribution is 2.12. The molecule has 0 saturated heterocycles. The van der Waals surface area contributed by atoms with E-state index >= 15 is 0 Å². The Balaban J connectivity index is 2.18. The summed E-state index contributed by atoms with van der Waals surface area (Å²) in [4.78, 5) is 22.3. The predicted octanol–water partition coefficient (Wildman–Crippen LogP) is 1.60. The van der Waals surface area contributed by atoms with E-state index in [0.29, 0.717) is 18.2 Å². The first-order valence-electron chi connectivity index (χ1n) is 6.99. The van der Waals surface area contributed by atoms with Crippen LogP contribution in [0.15, 0.2) is 42.6 Å². The van der Waals surface area contributed by atoms with Gasteiger partial charge in [0.2, 0.25) is 17.7 Å². The second-order valence-corrected chi connectivity index (χ2v) is 5.04. The first kappa shape index (κ1) is 15.8. The summed E-state index contributed by atoms with van der Waals surface area (Å²) in [6, 6.07) is 11.1. The van der Waals surface area contributed by atoms with Crippen molar-refractivity contribution in [2.24, 2.45) is 0 Å². The molecule has 2 rings (SSSR count). The summed E-state index contributed by atoms with van der Waals surface area (Å²) in [5.74, 6) is 0.791. The normalized spacial score (nSPS) is 11.6. The Kier molecular flexibility index (Phi) is 5.30. The number of rotatable bonds is 6. The number of benzene rings is 1. The van der Waals surface area contributed by atoms with Crippen LogP contribution in [0.25, 0.3) is 0 Å². The highest BCUT2D eigenvalue weighted by molar-refractivity contribution is 5.84. The van der Waals surface area contributed by atoms with Crippen LogP contribution in [0, 0.1) is 0 Å². The van der Waals surface area contributed by atoms with Gasteiger partial charge in [-0.3, -0.25) is 4.79 Å². The molecule has 22 heavy (non-hydrogen) atoms. The number of likely N-dealkylation sites (N-methyl/N-ethyl adjacent to an activating group) is 1. The molecular weight excluding hydrogens is 280 g/mol. The number of carbonyl (C=O) groups excluding carboxylic acids is 1. The van der Waals surface area contributed by atoms with Gasteiger partial charge in [-0.05, 0) is 5.56 Å². The SMILES string of the molecule is COc1ccnc(N[C@@H](Cc2ccccc2)C(=O)N(C)C)n1. The van der Waals surface area contributed by atoms with Crippen LogP contribution in [0.5, 0.6) is 5.88 Å². The summed E-state index contributed by atoms with van der Waals surface area (Å²) < 4.78 is 5.08. The van der Waals surface area contributed by atoms with Gasteiger partial charge in [0.05, 0.1) is 7.11 Å². The van der Waals surface area contributed by atoms with Crippen molar-refractivity contribution in [1.29, 1.82) is 0 Å². The van der Waals surface area contributed by atoms with Crippen LogP contribution in [-0.2, 0) is 11.2 Å². The van der Waals surface area contributed by atoms with Gasteiger partial charge in [0.25, 0.3) is 0 Å². The van der Waals surface area contributed by atoms with Crippen molar-refractivity contribution in [1.82, 2.24) is 14.9 Å². The minimum atomic E-state index is -0.440. The van der Waals surface area contributed by atoms with Crippen LogP contribution in [0.1, 0.15) is 5.56 Å². The number of nitrogens with one attached hydrogen (secondary N) is 1. The number of methoxy groups -OCH3 is 1. The fraction of sp³-hybridized carbons (Fsp3) is 0.312. The van der Waals surface area contributed by atoms with Crippen LogP contribution in [0.4, 0.5) is 5.95 Å². The van der Waals surface area contributed by atoms with Gasteiger partial charge in [0.1, 0.15) is 6.04 Å². The molecule has 0 bridgehead atoms. The maximum Gasteiger partial charge on any atom is 0.244 e. The first-order chi connectivity index (χ1) is 10.6. The lowest BCUT2D eigenvalue weighted by molar-refractivity contribution is -0.129. The Morgan fingerprint density at radius 1 is 1.27 bits per heavy atom. The molecule has 0 aliphatic carbocycles. The minimum Gasteiger partial charge on any atom is -0.481 e. The fourth-order valence-corrected chi connectivity index (χ4v) is 2.04. The van der Waals surface area contributed by atoms with E-state index in [-0.39, 0.29) is 5.91 Å². The van der Waals surface area contributed by atoms with Gasteiger partial charge in [-0.25, -0.2) is 4.98 Å². The summed E-state index contributed by atoms with van der Waals surface area (Å²) in [6.45, 7) is 0. The standard InChI is InChI=1S/C16H20N4O2/c1-20(2)15(21)13(11-12-7-5-4-6-8-12)18-16-17-10-9-14(19-16)22-3/h4-10,13H,11H2,1-3H3,(H,17,18,19)/t13-/m0/s1. The molecule has 6 heteroatoms. The van der Waals surface area contributed by atoms with Crippen molar-refractivity contribution in [3.8, 4) is 5.88 Å². The molecule has 2 aromatic rings. The lowest BCUT2D eigenvalue weighted by atomic mass is 10.1. The van der Waals surface area contributed by atoms with Crippen LogP contribution in [-0.4, -0.2) is 48.0 Å². The zero-order valence-electron chi connectivity index (χ0n) is 13.0. The Morgan fingerprint density at radius 2 is 2.00 bits per heavy atom. The molecule has 0 unspecified atom stereocenters. The molecule has 1 heterocycles. The van der Waals surface area contributed by atoms with Crippen molar-refractivity contribution in [3.05, 3.63) is 48.2 Å². The molecule has 6 nitrogen and oxygen atoms in total. The Labute approximate surface area is 130 Å². The van der Waals surface area contributed by atoms with E-state index in [4.69, 9.17) is 4.74 Å². The zero-order chi connectivity index (χ0) is 15.9. The lowest BCUT2D eigenvalue weighted by Gasteiger charge is -2.22. The summed E-state index contributed by atoms with van der Waals surface area (Å²) in [7, 11) is 5.00. The van der Waals surface area contributed by atoms with Gasteiger partial charge in [-0.2, -0.15) is 4.98 Å². The molecular formula is C16H20N4O2. The van der Waals surface area contributed by atoms with Crippen LogP contribution < -0.4 is 10.1 Å². The van der Waals surface area contributed by atoms with Crippen molar-refractivity contribution in [2.45, 2.75) is 12.5 Å². The summed E-state index contributed by atoms with van der Waals surface area (Å²) in [5.41, 5.74) is 1.07. The van der Waals surface area contributed by atoms with Crippen LogP contribution in [0.3, 0.4) is 0 Å². The van der Waals surface area contributed by atoms with Gasteiger partial charge in [0.15, 0.2) is 0 Å². The number of aromatic nitrogens is 2. The third-order valence-corrected chi connectivity index (χ3v) is 3.16. The number of hydrogen-bond acceptors (Lipinski definition) is 5. The first-order valence-corrected chi connectivity index (χ1v) is 6.99. The summed E-state index contributed by atoms with van der Waals surface area (Å²) >= 11 is 0. The van der Waals surface area contributed by atoms with Crippen LogP contribution >= 0.6 is 0 Å². The number of carbonyl (C=O) groups is 1. The topological polar surface area (TPSA) is 67.3 Å². The van der Waals surface area contributed by atoms with Crippen molar-refractivity contribution in [2.75, 3.05) is 26.5 Å². The smallest absolute Gasteiger partial charge is 0.244 e. The van der Waals surface area contributed by atoms with Crippen molar-refractivity contribution >= 4 is 11.9 Å². The molecule has 1 aromatic heterocycles. The van der Waals surface area contributed by atoms with E-state index in [1.807, 2.05) is 30.3 Å². The van der Waals surface area contributed by atoms with E-state index < -0.39 is 6.04 Å². The summed E-state index contributed by atoms with van der Waals surface area (Å²) in [5, 5.41) is 3.09. The maximum atomic E-state index is 12.4. The Hall–Kier alpha value is -2.63. The molecule has 0 aliphatic rings. The van der Waals surface area contributed by atoms with Gasteiger partial charge < -0.3 is 15.0 Å². The number of anilines is 1. The second-order valence-electron chi connectivity index (χ2n) is 5.04. The molecule has 1 aromatic carbocycles. The molecule has 0 fully saturated rings. The molecule has 1 amide bonds. The third-order valence-electron chi connectivity index (χ3n) is 3.16. The lowest BCUT2D eigenvalue weighted by Crippen LogP contribution is -2.40. The average molecular weight is 300 g/mol. The quantitative estimate of drug-likeness (QED) is 0.877. The zero-order valence-corrected chi connectivity index (χ0v) is 13.0. The number of ether oxygens (including phenoxy) is 1. The fourth-order valence-electron chi connectivity index (χ4n) is 2.04. The monoisotopic (exact) mass is 300 g/mol. The molecule has 0 aliphatic heterocycles. The second kappa shape index (κ2) is 7.40. The predicted molar refractivity (Wildman–Crippen MR) is 84.8 cm³/mol.